The number of aromatic nitrogens is 1. The fourth-order valence-electron chi connectivity index (χ4n) is 3.00. The van der Waals surface area contributed by atoms with E-state index < -0.39 is 0 Å². The molecule has 3 rings (SSSR count). The molecule has 0 N–H and O–H groups in total. The van der Waals surface area contributed by atoms with Crippen molar-refractivity contribution in [2.75, 3.05) is 6.54 Å². The van der Waals surface area contributed by atoms with Gasteiger partial charge < -0.3 is 9.42 Å². The number of nitrogens with zero attached hydrogens (tertiary/aromatic N) is 2. The van der Waals surface area contributed by atoms with E-state index in [1.54, 1.807) is 0 Å². The van der Waals surface area contributed by atoms with Crippen LogP contribution in [-0.2, 0) is 6.54 Å². The number of hydrogen-bond acceptors (Lipinski definition) is 3. The molecule has 0 aliphatic heterocycles. The van der Waals surface area contributed by atoms with E-state index >= 15 is 0 Å². The van der Waals surface area contributed by atoms with Crippen LogP contribution in [0.25, 0.3) is 11.3 Å². The van der Waals surface area contributed by atoms with Crippen LogP contribution in [0, 0.1) is 13.8 Å². The quantitative estimate of drug-likeness (QED) is 0.629. The molecule has 1 aromatic heterocycles. The van der Waals surface area contributed by atoms with Crippen molar-refractivity contribution in [3.8, 4) is 11.3 Å². The molecule has 0 radical (unpaired) electrons. The smallest absolute Gasteiger partial charge is 0.254 e. The molecule has 0 unspecified atom stereocenters. The van der Waals surface area contributed by atoms with Gasteiger partial charge in [-0.05, 0) is 44.0 Å². The number of amides is 1. The van der Waals surface area contributed by atoms with Crippen LogP contribution in [0.5, 0.6) is 0 Å². The van der Waals surface area contributed by atoms with Gasteiger partial charge in [-0.2, -0.15) is 0 Å². The van der Waals surface area contributed by atoms with Crippen molar-refractivity contribution in [2.45, 2.75) is 33.7 Å². The summed E-state index contributed by atoms with van der Waals surface area (Å²) in [5, 5.41) is 4.19. The molecule has 0 atom stereocenters. The average Bonchev–Trinajstić information content (AvgIpc) is 3.12. The van der Waals surface area contributed by atoms with Crippen molar-refractivity contribution in [1.82, 2.24) is 10.1 Å². The Bertz CT molecular complexity index is 884. The first-order valence-corrected chi connectivity index (χ1v) is 8.96. The molecule has 2 aromatic carbocycles. The number of rotatable bonds is 6. The third-order valence-electron chi connectivity index (χ3n) is 4.37. The third-order valence-corrected chi connectivity index (χ3v) is 4.37. The van der Waals surface area contributed by atoms with Crippen molar-refractivity contribution in [3.63, 3.8) is 0 Å². The standard InChI is InChI=1S/C22H24N2O2/c1-4-12-24(22(25)18-8-6-5-7-9-18)15-19-14-21(26-23-19)20-13-16(2)10-11-17(20)3/h5-11,13-14H,4,12,15H2,1-3H3. The molecule has 1 heterocycles. The zero-order valence-electron chi connectivity index (χ0n) is 15.5. The Kier molecular flexibility index (Phi) is 5.52. The summed E-state index contributed by atoms with van der Waals surface area (Å²) in [5.41, 5.74) is 4.82. The lowest BCUT2D eigenvalue weighted by molar-refractivity contribution is 0.0739. The molecule has 0 aliphatic carbocycles. The molecule has 0 saturated carbocycles. The van der Waals surface area contributed by atoms with Crippen molar-refractivity contribution in [2.24, 2.45) is 0 Å². The van der Waals surface area contributed by atoms with Gasteiger partial charge in [0.05, 0.1) is 6.54 Å². The average molecular weight is 348 g/mol. The molecule has 26 heavy (non-hydrogen) atoms. The highest BCUT2D eigenvalue weighted by Gasteiger charge is 2.18. The first-order chi connectivity index (χ1) is 12.6. The number of hydrogen-bond donors (Lipinski definition) is 0. The van der Waals surface area contributed by atoms with E-state index in [0.717, 1.165) is 29.0 Å². The van der Waals surface area contributed by atoms with Gasteiger partial charge in [0.2, 0.25) is 0 Å². The van der Waals surface area contributed by atoms with Crippen molar-refractivity contribution in [3.05, 3.63) is 77.0 Å². The number of aryl methyl sites for hydroxylation is 2. The Hall–Kier alpha value is -2.88. The molecular weight excluding hydrogens is 324 g/mol. The third kappa shape index (κ3) is 4.02. The lowest BCUT2D eigenvalue weighted by Gasteiger charge is -2.20. The van der Waals surface area contributed by atoms with E-state index in [2.05, 4.69) is 44.1 Å². The lowest BCUT2D eigenvalue weighted by Crippen LogP contribution is -2.31. The van der Waals surface area contributed by atoms with Crippen LogP contribution in [0.1, 0.15) is 40.5 Å². The van der Waals surface area contributed by atoms with Gasteiger partial charge in [-0.25, -0.2) is 0 Å². The largest absolute Gasteiger partial charge is 0.356 e. The fourth-order valence-corrected chi connectivity index (χ4v) is 3.00. The molecule has 4 nitrogen and oxygen atoms in total. The minimum atomic E-state index is 0.0173. The predicted octanol–water partition coefficient (Wildman–Crippen LogP) is 5.01. The van der Waals surface area contributed by atoms with E-state index in [0.29, 0.717) is 18.7 Å². The highest BCUT2D eigenvalue weighted by atomic mass is 16.5. The fraction of sp³-hybridized carbons (Fsp3) is 0.273. The van der Waals surface area contributed by atoms with Crippen molar-refractivity contribution < 1.29 is 9.32 Å². The summed E-state index contributed by atoms with van der Waals surface area (Å²) in [7, 11) is 0. The predicted molar refractivity (Wildman–Crippen MR) is 103 cm³/mol. The number of carbonyl (C=O) groups excluding carboxylic acids is 1. The van der Waals surface area contributed by atoms with E-state index in [-0.39, 0.29) is 5.91 Å². The van der Waals surface area contributed by atoms with Crippen LogP contribution >= 0.6 is 0 Å². The van der Waals surface area contributed by atoms with Gasteiger partial charge in [-0.15, -0.1) is 0 Å². The van der Waals surface area contributed by atoms with Gasteiger partial charge in [-0.1, -0.05) is 48.0 Å². The summed E-state index contributed by atoms with van der Waals surface area (Å²) in [4.78, 5) is 14.6. The summed E-state index contributed by atoms with van der Waals surface area (Å²) in [6, 6.07) is 17.5. The zero-order chi connectivity index (χ0) is 18.5. The summed E-state index contributed by atoms with van der Waals surface area (Å²) in [6.07, 6.45) is 0.889. The van der Waals surface area contributed by atoms with Crippen LogP contribution in [-0.4, -0.2) is 22.5 Å². The van der Waals surface area contributed by atoms with Gasteiger partial charge in [0, 0.05) is 23.7 Å². The maximum atomic E-state index is 12.8. The Balaban J connectivity index is 1.81. The molecule has 0 bridgehead atoms. The van der Waals surface area contributed by atoms with Gasteiger partial charge >= 0.3 is 0 Å². The normalized spacial score (nSPS) is 10.7. The minimum absolute atomic E-state index is 0.0173. The first-order valence-electron chi connectivity index (χ1n) is 8.96. The van der Waals surface area contributed by atoms with Gasteiger partial charge in [0.1, 0.15) is 5.69 Å². The van der Waals surface area contributed by atoms with Gasteiger partial charge in [0.25, 0.3) is 5.91 Å². The van der Waals surface area contributed by atoms with E-state index in [4.69, 9.17) is 4.52 Å². The summed E-state index contributed by atoms with van der Waals surface area (Å²) >= 11 is 0. The summed E-state index contributed by atoms with van der Waals surface area (Å²) in [5.74, 6) is 0.758. The van der Waals surface area contributed by atoms with Crippen LogP contribution < -0.4 is 0 Å². The summed E-state index contributed by atoms with van der Waals surface area (Å²) in [6.45, 7) is 7.30. The molecule has 3 aromatic rings. The van der Waals surface area contributed by atoms with Gasteiger partial charge in [-0.3, -0.25) is 4.79 Å². The van der Waals surface area contributed by atoms with Crippen LogP contribution in [0.2, 0.25) is 0 Å². The Labute approximate surface area is 154 Å². The SMILES string of the molecule is CCCN(Cc1cc(-c2cc(C)ccc2C)on1)C(=O)c1ccccc1. The second-order valence-corrected chi connectivity index (χ2v) is 6.59. The topological polar surface area (TPSA) is 46.3 Å². The number of benzene rings is 2. The van der Waals surface area contributed by atoms with Crippen molar-refractivity contribution in [1.29, 1.82) is 0 Å². The van der Waals surface area contributed by atoms with Crippen LogP contribution in [0.15, 0.2) is 59.1 Å². The monoisotopic (exact) mass is 348 g/mol. The molecule has 4 heteroatoms. The molecule has 0 aliphatic rings. The highest BCUT2D eigenvalue weighted by Crippen LogP contribution is 2.26. The lowest BCUT2D eigenvalue weighted by atomic mass is 10.0. The van der Waals surface area contributed by atoms with Crippen LogP contribution in [0.4, 0.5) is 0 Å². The summed E-state index contributed by atoms with van der Waals surface area (Å²) < 4.78 is 5.56. The maximum Gasteiger partial charge on any atom is 0.254 e. The number of carbonyl (C=O) groups is 1. The zero-order valence-corrected chi connectivity index (χ0v) is 15.5. The Morgan fingerprint density at radius 1 is 1.08 bits per heavy atom. The highest BCUT2D eigenvalue weighted by molar-refractivity contribution is 5.94. The molecule has 1 amide bonds. The maximum absolute atomic E-state index is 12.8. The minimum Gasteiger partial charge on any atom is -0.356 e. The van der Waals surface area contributed by atoms with Crippen LogP contribution in [0.3, 0.4) is 0 Å². The first kappa shape index (κ1) is 17.9. The van der Waals surface area contributed by atoms with Crippen molar-refractivity contribution >= 4 is 5.91 Å². The second-order valence-electron chi connectivity index (χ2n) is 6.59. The van der Waals surface area contributed by atoms with E-state index in [1.807, 2.05) is 41.3 Å². The molecular formula is C22H24N2O2. The molecule has 134 valence electrons. The Morgan fingerprint density at radius 3 is 2.58 bits per heavy atom. The molecule has 0 fully saturated rings. The van der Waals surface area contributed by atoms with Gasteiger partial charge in [0.15, 0.2) is 5.76 Å². The van der Waals surface area contributed by atoms with E-state index in [1.165, 1.54) is 5.56 Å². The molecule has 0 saturated heterocycles. The second kappa shape index (κ2) is 8.00. The Morgan fingerprint density at radius 2 is 1.85 bits per heavy atom. The molecule has 0 spiro atoms. The van der Waals surface area contributed by atoms with E-state index in [9.17, 15) is 4.79 Å².